The average molecular weight is 327 g/mol. The summed E-state index contributed by atoms with van der Waals surface area (Å²) >= 11 is 0. The molecule has 0 bridgehead atoms. The maximum Gasteiger partial charge on any atom is 0.262 e. The number of hydrogen-bond donors (Lipinski definition) is 1. The minimum atomic E-state index is -0.426. The Morgan fingerprint density at radius 2 is 2.12 bits per heavy atom. The van der Waals surface area contributed by atoms with E-state index in [-0.39, 0.29) is 18.3 Å². The number of Topliss-reactive ketones (excluding diaryl/α,β-unsaturated/α-hetero) is 1. The zero-order chi connectivity index (χ0) is 17.3. The third-order valence-electron chi connectivity index (χ3n) is 4.16. The monoisotopic (exact) mass is 327 g/mol. The zero-order valence-corrected chi connectivity index (χ0v) is 13.6. The van der Waals surface area contributed by atoms with Gasteiger partial charge in [0.2, 0.25) is 0 Å². The molecule has 0 fully saturated rings. The molecule has 0 radical (unpaired) electrons. The number of carbonyl (C=O) groups is 2. The fraction of sp³-hybridized carbons (Fsp3) is 0.263. The van der Waals surface area contributed by atoms with Crippen LogP contribution in [0.3, 0.4) is 0 Å². The van der Waals surface area contributed by atoms with Gasteiger partial charge in [0, 0.05) is 12.1 Å². The highest BCUT2D eigenvalue weighted by Gasteiger charge is 2.31. The van der Waals surface area contributed by atoms with Gasteiger partial charge in [-0.1, -0.05) is 19.1 Å². The minimum Gasteiger partial charge on any atom is -0.483 e. The van der Waals surface area contributed by atoms with E-state index < -0.39 is 11.7 Å². The molecule has 1 aliphatic rings. The number of anilines is 1. The molecule has 4 nitrogen and oxygen atoms in total. The standard InChI is InChI=1S/C19H18FNO3/c1-11-6-7-16(19-15(22)8-12(2)18(11)19)24-10-17(23)21-14-5-3-4-13(20)9-14/h3-7,9,12H,8,10H2,1-2H3,(H,21,23). The molecule has 0 saturated carbocycles. The van der Waals surface area contributed by atoms with E-state index in [0.717, 1.165) is 11.1 Å². The highest BCUT2D eigenvalue weighted by Crippen LogP contribution is 2.40. The van der Waals surface area contributed by atoms with Crippen LogP contribution < -0.4 is 10.1 Å². The summed E-state index contributed by atoms with van der Waals surface area (Å²) in [6, 6.07) is 9.25. The van der Waals surface area contributed by atoms with Crippen LogP contribution in [0.1, 0.15) is 40.7 Å². The molecule has 2 aromatic rings. The quantitative estimate of drug-likeness (QED) is 0.928. The van der Waals surface area contributed by atoms with Gasteiger partial charge in [-0.2, -0.15) is 0 Å². The first-order valence-electron chi connectivity index (χ1n) is 7.80. The van der Waals surface area contributed by atoms with Crippen molar-refractivity contribution >= 4 is 17.4 Å². The summed E-state index contributed by atoms with van der Waals surface area (Å²) < 4.78 is 18.7. The van der Waals surface area contributed by atoms with Crippen LogP contribution in [0.2, 0.25) is 0 Å². The van der Waals surface area contributed by atoms with Crippen LogP contribution in [0, 0.1) is 12.7 Å². The van der Waals surface area contributed by atoms with E-state index in [9.17, 15) is 14.0 Å². The van der Waals surface area contributed by atoms with E-state index >= 15 is 0 Å². The Morgan fingerprint density at radius 3 is 2.88 bits per heavy atom. The summed E-state index contributed by atoms with van der Waals surface area (Å²) in [4.78, 5) is 24.2. The summed E-state index contributed by atoms with van der Waals surface area (Å²) in [5.41, 5.74) is 3.01. The predicted molar refractivity (Wildman–Crippen MR) is 89.1 cm³/mol. The zero-order valence-electron chi connectivity index (χ0n) is 13.6. The Kier molecular flexibility index (Phi) is 4.34. The van der Waals surface area contributed by atoms with Crippen LogP contribution in [0.5, 0.6) is 5.75 Å². The molecule has 5 heteroatoms. The lowest BCUT2D eigenvalue weighted by atomic mass is 9.97. The van der Waals surface area contributed by atoms with E-state index in [1.165, 1.54) is 18.2 Å². The Bertz CT molecular complexity index is 816. The van der Waals surface area contributed by atoms with Crippen molar-refractivity contribution in [2.24, 2.45) is 0 Å². The molecule has 3 rings (SSSR count). The van der Waals surface area contributed by atoms with Crippen molar-refractivity contribution in [1.82, 2.24) is 0 Å². The van der Waals surface area contributed by atoms with Crippen molar-refractivity contribution in [1.29, 1.82) is 0 Å². The summed E-state index contributed by atoms with van der Waals surface area (Å²) in [5.74, 6) is -0.198. The van der Waals surface area contributed by atoms with Crippen LogP contribution in [0.25, 0.3) is 0 Å². The fourth-order valence-corrected chi connectivity index (χ4v) is 3.14. The number of amides is 1. The van der Waals surface area contributed by atoms with E-state index in [1.807, 2.05) is 19.9 Å². The predicted octanol–water partition coefficient (Wildman–Crippen LogP) is 3.84. The SMILES string of the molecule is Cc1ccc(OCC(=O)Nc2cccc(F)c2)c2c1C(C)CC2=O. The van der Waals surface area contributed by atoms with Crippen molar-refractivity contribution in [2.45, 2.75) is 26.2 Å². The first-order chi connectivity index (χ1) is 11.5. The third kappa shape index (κ3) is 3.15. The van der Waals surface area contributed by atoms with Gasteiger partial charge in [0.15, 0.2) is 12.4 Å². The van der Waals surface area contributed by atoms with Crippen LogP contribution in [-0.2, 0) is 4.79 Å². The molecule has 1 amide bonds. The molecule has 1 N–H and O–H groups in total. The normalized spacial score (nSPS) is 16.0. The van der Waals surface area contributed by atoms with Gasteiger partial charge < -0.3 is 10.1 Å². The third-order valence-corrected chi connectivity index (χ3v) is 4.16. The van der Waals surface area contributed by atoms with Gasteiger partial charge in [0.1, 0.15) is 11.6 Å². The second-order valence-corrected chi connectivity index (χ2v) is 6.04. The molecule has 0 spiro atoms. The van der Waals surface area contributed by atoms with Crippen molar-refractivity contribution < 1.29 is 18.7 Å². The topological polar surface area (TPSA) is 55.4 Å². The molecule has 0 heterocycles. The van der Waals surface area contributed by atoms with Gasteiger partial charge in [-0.15, -0.1) is 0 Å². The summed E-state index contributed by atoms with van der Waals surface area (Å²) in [6.07, 6.45) is 0.464. The number of fused-ring (bicyclic) bond motifs is 1. The van der Waals surface area contributed by atoms with Crippen molar-refractivity contribution in [3.05, 3.63) is 58.9 Å². The number of rotatable bonds is 4. The Labute approximate surface area is 139 Å². The van der Waals surface area contributed by atoms with E-state index in [4.69, 9.17) is 4.74 Å². The van der Waals surface area contributed by atoms with Crippen LogP contribution in [0.15, 0.2) is 36.4 Å². The van der Waals surface area contributed by atoms with E-state index in [2.05, 4.69) is 5.32 Å². The molecule has 0 aliphatic heterocycles. The van der Waals surface area contributed by atoms with Gasteiger partial charge in [-0.3, -0.25) is 9.59 Å². The molecule has 24 heavy (non-hydrogen) atoms. The molecule has 1 aliphatic carbocycles. The van der Waals surface area contributed by atoms with Crippen molar-refractivity contribution in [3.63, 3.8) is 0 Å². The number of carbonyl (C=O) groups excluding carboxylic acids is 2. The molecular formula is C19H18FNO3. The number of hydrogen-bond acceptors (Lipinski definition) is 3. The maximum absolute atomic E-state index is 13.1. The second kappa shape index (κ2) is 6.43. The van der Waals surface area contributed by atoms with Gasteiger partial charge in [-0.05, 0) is 48.2 Å². The number of ketones is 1. The number of halogens is 1. The largest absolute Gasteiger partial charge is 0.483 e. The number of nitrogens with one attached hydrogen (secondary N) is 1. The number of benzene rings is 2. The lowest BCUT2D eigenvalue weighted by Crippen LogP contribution is -2.20. The average Bonchev–Trinajstić information content (AvgIpc) is 2.83. The van der Waals surface area contributed by atoms with Crippen LogP contribution in [-0.4, -0.2) is 18.3 Å². The summed E-state index contributed by atoms with van der Waals surface area (Å²) in [6.45, 7) is 3.74. The van der Waals surface area contributed by atoms with Crippen molar-refractivity contribution in [2.75, 3.05) is 11.9 Å². The summed E-state index contributed by atoms with van der Waals surface area (Å²) in [7, 11) is 0. The Hall–Kier alpha value is -2.69. The van der Waals surface area contributed by atoms with E-state index in [0.29, 0.717) is 23.4 Å². The van der Waals surface area contributed by atoms with Gasteiger partial charge >= 0.3 is 0 Å². The Morgan fingerprint density at radius 1 is 1.33 bits per heavy atom. The molecule has 0 saturated heterocycles. The molecule has 1 atom stereocenters. The molecule has 2 aromatic carbocycles. The van der Waals surface area contributed by atoms with Gasteiger partial charge in [0.25, 0.3) is 5.91 Å². The first kappa shape index (κ1) is 16.2. The Balaban J connectivity index is 1.72. The lowest BCUT2D eigenvalue weighted by molar-refractivity contribution is -0.118. The van der Waals surface area contributed by atoms with Gasteiger partial charge in [-0.25, -0.2) is 4.39 Å². The van der Waals surface area contributed by atoms with Crippen molar-refractivity contribution in [3.8, 4) is 5.75 Å². The first-order valence-corrected chi connectivity index (χ1v) is 7.80. The number of ether oxygens (including phenoxy) is 1. The van der Waals surface area contributed by atoms with Crippen LogP contribution in [0.4, 0.5) is 10.1 Å². The lowest BCUT2D eigenvalue weighted by Gasteiger charge is -2.13. The summed E-state index contributed by atoms with van der Waals surface area (Å²) in [5, 5.41) is 2.56. The highest BCUT2D eigenvalue weighted by atomic mass is 19.1. The molecule has 0 aromatic heterocycles. The van der Waals surface area contributed by atoms with E-state index in [1.54, 1.807) is 12.1 Å². The fourth-order valence-electron chi connectivity index (χ4n) is 3.14. The molecule has 124 valence electrons. The van der Waals surface area contributed by atoms with Crippen LogP contribution >= 0.6 is 0 Å². The maximum atomic E-state index is 13.1. The smallest absolute Gasteiger partial charge is 0.262 e. The van der Waals surface area contributed by atoms with Gasteiger partial charge in [0.05, 0.1) is 5.56 Å². The number of aryl methyl sites for hydroxylation is 1. The second-order valence-electron chi connectivity index (χ2n) is 6.04. The highest BCUT2D eigenvalue weighted by molar-refractivity contribution is 6.04. The minimum absolute atomic E-state index is 0.0433. The molecular weight excluding hydrogens is 309 g/mol. The molecule has 1 unspecified atom stereocenters.